The van der Waals surface area contributed by atoms with Crippen molar-refractivity contribution < 1.29 is 23.3 Å². The minimum Gasteiger partial charge on any atom is -0.302 e. The molecule has 0 spiro atoms. The largest absolute Gasteiger partial charge is 0.472 e. The first-order valence-electron chi connectivity index (χ1n) is 10.8. The Labute approximate surface area is 165 Å². The third-order valence-electron chi connectivity index (χ3n) is 5.02. The molecule has 0 aromatic heterocycles. The zero-order chi connectivity index (χ0) is 19.8. The van der Waals surface area contributed by atoms with Crippen molar-refractivity contribution >= 4 is 13.6 Å². The number of allylic oxidation sites excluding steroid dienone is 2. The molecule has 1 aliphatic rings. The second-order valence-electron chi connectivity index (χ2n) is 7.56. The first-order chi connectivity index (χ1) is 13.0. The van der Waals surface area contributed by atoms with Crippen LogP contribution in [0.4, 0.5) is 0 Å². The Morgan fingerprint density at radius 1 is 0.889 bits per heavy atom. The summed E-state index contributed by atoms with van der Waals surface area (Å²) in [6.07, 6.45) is 21.2. The zero-order valence-corrected chi connectivity index (χ0v) is 18.0. The minimum atomic E-state index is -3.88. The lowest BCUT2D eigenvalue weighted by Crippen LogP contribution is -2.28. The van der Waals surface area contributed by atoms with E-state index in [1.54, 1.807) is 0 Å². The van der Waals surface area contributed by atoms with E-state index in [-0.39, 0.29) is 19.0 Å². The first-order valence-corrected chi connectivity index (χ1v) is 12.3. The van der Waals surface area contributed by atoms with Crippen LogP contribution in [0, 0.1) is 5.92 Å². The van der Waals surface area contributed by atoms with E-state index in [9.17, 15) is 9.36 Å². The van der Waals surface area contributed by atoms with Crippen LogP contribution in [0.2, 0.25) is 0 Å². The number of hydrogen-bond donors (Lipinski definition) is 1. The summed E-state index contributed by atoms with van der Waals surface area (Å²) in [5, 5.41) is 0. The van der Waals surface area contributed by atoms with E-state index in [0.29, 0.717) is 6.42 Å². The van der Waals surface area contributed by atoms with Gasteiger partial charge in [-0.1, -0.05) is 70.4 Å². The Balaban J connectivity index is 1.85. The second kappa shape index (κ2) is 15.4. The molecule has 1 rings (SSSR count). The van der Waals surface area contributed by atoms with Crippen LogP contribution in [0.15, 0.2) is 12.2 Å². The molecule has 0 unspecified atom stereocenters. The molecule has 0 amide bonds. The van der Waals surface area contributed by atoms with Crippen molar-refractivity contribution in [1.29, 1.82) is 0 Å². The van der Waals surface area contributed by atoms with E-state index in [1.165, 1.54) is 57.8 Å². The molecule has 0 aliphatic carbocycles. The van der Waals surface area contributed by atoms with Gasteiger partial charge >= 0.3 is 7.82 Å². The fraction of sp³-hybridized carbons (Fsp3) is 0.857. The van der Waals surface area contributed by atoms with Gasteiger partial charge in [0.2, 0.25) is 0 Å². The van der Waals surface area contributed by atoms with E-state index < -0.39 is 13.7 Å². The number of phosphoric ester groups is 1. The SMILES string of the molecule is CCCCCCCC/C=C\CCCCCCCC(=O)C1COP(=O)(O)OC1. The van der Waals surface area contributed by atoms with Gasteiger partial charge in [-0.2, -0.15) is 0 Å². The first kappa shape index (κ1) is 24.6. The smallest absolute Gasteiger partial charge is 0.302 e. The average Bonchev–Trinajstić information content (AvgIpc) is 2.64. The maximum absolute atomic E-state index is 12.0. The molecule has 0 aromatic carbocycles. The van der Waals surface area contributed by atoms with E-state index >= 15 is 0 Å². The molecule has 0 aromatic rings. The van der Waals surface area contributed by atoms with Crippen molar-refractivity contribution in [1.82, 2.24) is 0 Å². The Morgan fingerprint density at radius 3 is 1.93 bits per heavy atom. The van der Waals surface area contributed by atoms with Crippen molar-refractivity contribution in [2.45, 2.75) is 96.8 Å². The number of carbonyl (C=O) groups excluding carboxylic acids is 1. The molecule has 6 heteroatoms. The van der Waals surface area contributed by atoms with Crippen LogP contribution in [-0.2, 0) is 18.4 Å². The predicted molar refractivity (Wildman–Crippen MR) is 110 cm³/mol. The zero-order valence-electron chi connectivity index (χ0n) is 17.1. The molecule has 1 fully saturated rings. The van der Waals surface area contributed by atoms with Gasteiger partial charge in [0.1, 0.15) is 5.78 Å². The Kier molecular flexibility index (Phi) is 14.0. The Hall–Kier alpha value is -0.480. The number of phosphoric acid groups is 1. The molecule has 0 bridgehead atoms. The van der Waals surface area contributed by atoms with Crippen molar-refractivity contribution in [2.24, 2.45) is 5.92 Å². The monoisotopic (exact) mass is 402 g/mol. The molecule has 0 atom stereocenters. The molecule has 1 N–H and O–H groups in total. The number of ketones is 1. The Morgan fingerprint density at radius 2 is 1.37 bits per heavy atom. The van der Waals surface area contributed by atoms with Crippen LogP contribution >= 0.6 is 7.82 Å². The predicted octanol–water partition coefficient (Wildman–Crippen LogP) is 6.36. The van der Waals surface area contributed by atoms with Gasteiger partial charge < -0.3 is 4.89 Å². The molecule has 1 heterocycles. The average molecular weight is 403 g/mol. The van der Waals surface area contributed by atoms with Crippen LogP contribution in [0.5, 0.6) is 0 Å². The van der Waals surface area contributed by atoms with E-state index in [4.69, 9.17) is 4.89 Å². The van der Waals surface area contributed by atoms with Crippen LogP contribution in [0.25, 0.3) is 0 Å². The maximum Gasteiger partial charge on any atom is 0.472 e. The van der Waals surface area contributed by atoms with Crippen LogP contribution < -0.4 is 0 Å². The highest BCUT2D eigenvalue weighted by molar-refractivity contribution is 7.47. The molecule has 27 heavy (non-hydrogen) atoms. The quantitative estimate of drug-likeness (QED) is 0.185. The molecular formula is C21H39O5P. The summed E-state index contributed by atoms with van der Waals surface area (Å²) in [6.45, 7) is 2.25. The number of rotatable bonds is 16. The molecule has 0 saturated carbocycles. The number of hydrogen-bond acceptors (Lipinski definition) is 4. The normalized spacial score (nSPS) is 23.1. The lowest BCUT2D eigenvalue weighted by Gasteiger charge is -2.24. The molecular weight excluding hydrogens is 363 g/mol. The van der Waals surface area contributed by atoms with Gasteiger partial charge in [-0.15, -0.1) is 0 Å². The summed E-state index contributed by atoms with van der Waals surface area (Å²) in [4.78, 5) is 21.1. The highest BCUT2D eigenvalue weighted by Gasteiger charge is 2.33. The van der Waals surface area contributed by atoms with Crippen molar-refractivity contribution in [3.63, 3.8) is 0 Å². The number of carbonyl (C=O) groups is 1. The van der Waals surface area contributed by atoms with Crippen LogP contribution in [0.3, 0.4) is 0 Å². The summed E-state index contributed by atoms with van der Waals surface area (Å²) in [5.41, 5.74) is 0. The summed E-state index contributed by atoms with van der Waals surface area (Å²) < 4.78 is 20.5. The summed E-state index contributed by atoms with van der Waals surface area (Å²) in [7, 11) is -3.88. The summed E-state index contributed by atoms with van der Waals surface area (Å²) in [5.74, 6) is -0.316. The second-order valence-corrected chi connectivity index (χ2v) is 9.01. The van der Waals surface area contributed by atoms with Gasteiger partial charge in [0.05, 0.1) is 19.1 Å². The molecule has 5 nitrogen and oxygen atoms in total. The fourth-order valence-electron chi connectivity index (χ4n) is 3.21. The third kappa shape index (κ3) is 13.3. The molecule has 158 valence electrons. The van der Waals surface area contributed by atoms with E-state index in [0.717, 1.165) is 25.7 Å². The highest BCUT2D eigenvalue weighted by Crippen LogP contribution is 2.47. The van der Waals surface area contributed by atoms with Crippen LogP contribution in [-0.4, -0.2) is 23.9 Å². The van der Waals surface area contributed by atoms with E-state index in [1.807, 2.05) is 0 Å². The molecule has 1 aliphatic heterocycles. The van der Waals surface area contributed by atoms with Crippen molar-refractivity contribution in [3.05, 3.63) is 12.2 Å². The summed E-state index contributed by atoms with van der Waals surface area (Å²) >= 11 is 0. The Bertz CT molecular complexity index is 451. The van der Waals surface area contributed by atoms with Gasteiger partial charge in [-0.3, -0.25) is 13.8 Å². The van der Waals surface area contributed by atoms with Gasteiger partial charge in [0.25, 0.3) is 0 Å². The van der Waals surface area contributed by atoms with E-state index in [2.05, 4.69) is 28.1 Å². The highest BCUT2D eigenvalue weighted by atomic mass is 31.2. The van der Waals surface area contributed by atoms with Gasteiger partial charge in [-0.25, -0.2) is 4.57 Å². The van der Waals surface area contributed by atoms with Gasteiger partial charge in [0, 0.05) is 6.42 Å². The molecule has 0 radical (unpaired) electrons. The fourth-order valence-corrected chi connectivity index (χ4v) is 4.02. The number of Topliss-reactive ketones (excluding diaryl/α,β-unsaturated/α-hetero) is 1. The maximum atomic E-state index is 12.0. The molecule has 1 saturated heterocycles. The van der Waals surface area contributed by atoms with Gasteiger partial charge in [0.15, 0.2) is 0 Å². The van der Waals surface area contributed by atoms with Crippen molar-refractivity contribution in [2.75, 3.05) is 13.2 Å². The van der Waals surface area contributed by atoms with Crippen LogP contribution in [0.1, 0.15) is 96.8 Å². The van der Waals surface area contributed by atoms with Gasteiger partial charge in [-0.05, 0) is 32.1 Å². The lowest BCUT2D eigenvalue weighted by molar-refractivity contribution is -0.126. The standard InChI is InChI=1S/C21H39O5P/c1-2-3-4-5-6-7-8-9-10-11-12-13-14-15-16-17-21(22)20-18-25-27(23,24)26-19-20/h9-10,20H,2-8,11-19H2,1H3,(H,23,24)/b10-9-. The topological polar surface area (TPSA) is 72.8 Å². The third-order valence-corrected chi connectivity index (χ3v) is 5.97. The van der Waals surface area contributed by atoms with Crippen molar-refractivity contribution in [3.8, 4) is 0 Å². The number of unbranched alkanes of at least 4 members (excludes halogenated alkanes) is 11. The lowest BCUT2D eigenvalue weighted by atomic mass is 10.00. The minimum absolute atomic E-state index is 0.00230. The summed E-state index contributed by atoms with van der Waals surface area (Å²) in [6, 6.07) is 0.